The van der Waals surface area contributed by atoms with Crippen molar-refractivity contribution in [2.75, 3.05) is 13.7 Å². The number of hydrogen-bond donors (Lipinski definition) is 2. The van der Waals surface area contributed by atoms with E-state index in [-0.39, 0.29) is 18.2 Å². The van der Waals surface area contributed by atoms with Gasteiger partial charge in [-0.2, -0.15) is 0 Å². The van der Waals surface area contributed by atoms with Crippen LogP contribution in [0.3, 0.4) is 0 Å². The average Bonchev–Trinajstić information content (AvgIpc) is 2.50. The molecule has 1 atom stereocenters. The number of hydrogen-bond acceptors (Lipinski definition) is 3. The summed E-state index contributed by atoms with van der Waals surface area (Å²) >= 11 is 0. The Labute approximate surface area is 131 Å². The zero-order valence-corrected chi connectivity index (χ0v) is 13.3. The number of amides is 1. The largest absolute Gasteiger partial charge is 0.497 e. The highest BCUT2D eigenvalue weighted by atomic mass is 16.5. The van der Waals surface area contributed by atoms with Crippen LogP contribution in [0.4, 0.5) is 0 Å². The maximum atomic E-state index is 12.0. The van der Waals surface area contributed by atoms with Crippen LogP contribution in [-0.2, 0) is 16.0 Å². The van der Waals surface area contributed by atoms with Crippen LogP contribution in [0.5, 0.6) is 5.75 Å². The third-order valence-electron chi connectivity index (χ3n) is 3.52. The standard InChI is InChI=1S/C17H25NO4/c1-13(12-14-7-9-15(22-2)10-8-14)17(21)18-11-5-3-4-6-16(19)20/h7-10,13H,3-6,11-12H2,1-2H3,(H,18,21)(H,19,20). The molecule has 0 radical (unpaired) electrons. The van der Waals surface area contributed by atoms with Crippen LogP contribution in [0.15, 0.2) is 24.3 Å². The van der Waals surface area contributed by atoms with Crippen LogP contribution < -0.4 is 10.1 Å². The molecule has 0 spiro atoms. The van der Waals surface area contributed by atoms with E-state index < -0.39 is 5.97 Å². The Bertz CT molecular complexity index is 470. The molecule has 0 heterocycles. The SMILES string of the molecule is COc1ccc(CC(C)C(=O)NCCCCCC(=O)O)cc1. The number of methoxy groups -OCH3 is 1. The third-order valence-corrected chi connectivity index (χ3v) is 3.52. The molecule has 22 heavy (non-hydrogen) atoms. The first-order valence-electron chi connectivity index (χ1n) is 7.65. The van der Waals surface area contributed by atoms with Gasteiger partial charge in [-0.3, -0.25) is 9.59 Å². The number of aliphatic carboxylic acids is 1. The molecule has 0 saturated heterocycles. The highest BCUT2D eigenvalue weighted by Crippen LogP contribution is 2.14. The Morgan fingerprint density at radius 1 is 1.18 bits per heavy atom. The van der Waals surface area contributed by atoms with E-state index in [0.29, 0.717) is 19.4 Å². The fourth-order valence-electron chi connectivity index (χ4n) is 2.17. The average molecular weight is 307 g/mol. The van der Waals surface area contributed by atoms with E-state index in [4.69, 9.17) is 9.84 Å². The number of carbonyl (C=O) groups excluding carboxylic acids is 1. The van der Waals surface area contributed by atoms with Gasteiger partial charge >= 0.3 is 5.97 Å². The summed E-state index contributed by atoms with van der Waals surface area (Å²) < 4.78 is 5.11. The summed E-state index contributed by atoms with van der Waals surface area (Å²) in [6.07, 6.45) is 3.18. The second-order valence-electron chi connectivity index (χ2n) is 5.45. The molecule has 1 aromatic rings. The zero-order chi connectivity index (χ0) is 16.4. The van der Waals surface area contributed by atoms with E-state index in [1.54, 1.807) is 7.11 Å². The lowest BCUT2D eigenvalue weighted by Gasteiger charge is -2.12. The maximum absolute atomic E-state index is 12.0. The summed E-state index contributed by atoms with van der Waals surface area (Å²) in [6.45, 7) is 2.51. The fourth-order valence-corrected chi connectivity index (χ4v) is 2.17. The molecule has 5 nitrogen and oxygen atoms in total. The van der Waals surface area contributed by atoms with Gasteiger partial charge < -0.3 is 15.2 Å². The molecule has 1 amide bonds. The molecule has 0 aliphatic rings. The number of benzene rings is 1. The Kier molecular flexibility index (Phi) is 8.04. The number of unbranched alkanes of at least 4 members (excludes halogenated alkanes) is 2. The van der Waals surface area contributed by atoms with Gasteiger partial charge in [0.2, 0.25) is 5.91 Å². The van der Waals surface area contributed by atoms with Crippen molar-refractivity contribution in [3.63, 3.8) is 0 Å². The molecule has 122 valence electrons. The molecule has 0 saturated carbocycles. The topological polar surface area (TPSA) is 75.6 Å². The van der Waals surface area contributed by atoms with Gasteiger partial charge in [0, 0.05) is 18.9 Å². The van der Waals surface area contributed by atoms with Gasteiger partial charge in [-0.1, -0.05) is 25.5 Å². The zero-order valence-electron chi connectivity index (χ0n) is 13.3. The highest BCUT2D eigenvalue weighted by Gasteiger charge is 2.12. The van der Waals surface area contributed by atoms with Gasteiger partial charge in [-0.05, 0) is 37.0 Å². The van der Waals surface area contributed by atoms with Crippen molar-refractivity contribution < 1.29 is 19.4 Å². The minimum Gasteiger partial charge on any atom is -0.497 e. The summed E-state index contributed by atoms with van der Waals surface area (Å²) in [4.78, 5) is 22.3. The van der Waals surface area contributed by atoms with Crippen molar-refractivity contribution in [3.8, 4) is 5.75 Å². The van der Waals surface area contributed by atoms with Crippen LogP contribution in [0.25, 0.3) is 0 Å². The highest BCUT2D eigenvalue weighted by molar-refractivity contribution is 5.78. The number of ether oxygens (including phenoxy) is 1. The summed E-state index contributed by atoms with van der Waals surface area (Å²) in [5, 5.41) is 11.4. The predicted molar refractivity (Wildman–Crippen MR) is 85.0 cm³/mol. The molecular weight excluding hydrogens is 282 g/mol. The van der Waals surface area contributed by atoms with Crippen LogP contribution >= 0.6 is 0 Å². The molecule has 1 rings (SSSR count). The van der Waals surface area contributed by atoms with Crippen LogP contribution in [-0.4, -0.2) is 30.6 Å². The molecule has 0 fully saturated rings. The molecule has 0 aliphatic carbocycles. The van der Waals surface area contributed by atoms with Crippen molar-refractivity contribution in [1.29, 1.82) is 0 Å². The molecule has 0 bridgehead atoms. The molecule has 0 aliphatic heterocycles. The van der Waals surface area contributed by atoms with E-state index in [1.807, 2.05) is 31.2 Å². The Hall–Kier alpha value is -2.04. The van der Waals surface area contributed by atoms with Gasteiger partial charge in [0.05, 0.1) is 7.11 Å². The first-order chi connectivity index (χ1) is 10.5. The lowest BCUT2D eigenvalue weighted by atomic mass is 10.0. The van der Waals surface area contributed by atoms with Crippen LogP contribution in [0, 0.1) is 5.92 Å². The number of nitrogens with one attached hydrogen (secondary N) is 1. The van der Waals surface area contributed by atoms with Gasteiger partial charge in [0.25, 0.3) is 0 Å². The normalized spacial score (nSPS) is 11.7. The Morgan fingerprint density at radius 2 is 1.86 bits per heavy atom. The molecule has 5 heteroatoms. The minimum atomic E-state index is -0.767. The summed E-state index contributed by atoms with van der Waals surface area (Å²) in [6, 6.07) is 7.72. The number of rotatable bonds is 10. The number of carboxylic acid groups (broad SMARTS) is 1. The maximum Gasteiger partial charge on any atom is 0.303 e. The van der Waals surface area contributed by atoms with Crippen molar-refractivity contribution >= 4 is 11.9 Å². The smallest absolute Gasteiger partial charge is 0.303 e. The van der Waals surface area contributed by atoms with Crippen molar-refractivity contribution in [2.45, 2.75) is 39.0 Å². The van der Waals surface area contributed by atoms with Crippen molar-refractivity contribution in [3.05, 3.63) is 29.8 Å². The molecule has 2 N–H and O–H groups in total. The predicted octanol–water partition coefficient (Wildman–Crippen LogP) is 2.63. The first-order valence-corrected chi connectivity index (χ1v) is 7.65. The van der Waals surface area contributed by atoms with Gasteiger partial charge in [-0.15, -0.1) is 0 Å². The molecule has 1 aromatic carbocycles. The Balaban J connectivity index is 2.22. The van der Waals surface area contributed by atoms with E-state index in [9.17, 15) is 9.59 Å². The number of carboxylic acids is 1. The lowest BCUT2D eigenvalue weighted by molar-refractivity contribution is -0.137. The van der Waals surface area contributed by atoms with Gasteiger partial charge in [0.15, 0.2) is 0 Å². The Morgan fingerprint density at radius 3 is 2.45 bits per heavy atom. The quantitative estimate of drug-likeness (QED) is 0.652. The number of carbonyl (C=O) groups is 2. The van der Waals surface area contributed by atoms with Gasteiger partial charge in [-0.25, -0.2) is 0 Å². The van der Waals surface area contributed by atoms with Crippen molar-refractivity contribution in [1.82, 2.24) is 5.32 Å². The van der Waals surface area contributed by atoms with E-state index >= 15 is 0 Å². The third kappa shape index (κ3) is 7.11. The molecule has 0 aromatic heterocycles. The van der Waals surface area contributed by atoms with Crippen molar-refractivity contribution in [2.24, 2.45) is 5.92 Å². The second kappa shape index (κ2) is 9.82. The van der Waals surface area contributed by atoms with E-state index in [0.717, 1.165) is 24.2 Å². The minimum absolute atomic E-state index is 0.0362. The van der Waals surface area contributed by atoms with E-state index in [2.05, 4.69) is 5.32 Å². The monoisotopic (exact) mass is 307 g/mol. The van der Waals surface area contributed by atoms with Crippen LogP contribution in [0.1, 0.15) is 38.2 Å². The van der Waals surface area contributed by atoms with E-state index in [1.165, 1.54) is 0 Å². The second-order valence-corrected chi connectivity index (χ2v) is 5.45. The van der Waals surface area contributed by atoms with Gasteiger partial charge in [0.1, 0.15) is 5.75 Å². The summed E-state index contributed by atoms with van der Waals surface area (Å²) in [7, 11) is 1.63. The summed E-state index contributed by atoms with van der Waals surface area (Å²) in [5.41, 5.74) is 1.10. The molecule has 1 unspecified atom stereocenters. The van der Waals surface area contributed by atoms with Crippen LogP contribution in [0.2, 0.25) is 0 Å². The molecular formula is C17H25NO4. The lowest BCUT2D eigenvalue weighted by Crippen LogP contribution is -2.31. The first kappa shape index (κ1) is 18.0. The fraction of sp³-hybridized carbons (Fsp3) is 0.529. The summed E-state index contributed by atoms with van der Waals surface area (Å²) in [5.74, 6) is -0.0131.